The van der Waals surface area contributed by atoms with Crippen LogP contribution in [-0.2, 0) is 27.2 Å². The normalized spacial score (nSPS) is 20.6. The molecule has 0 fully saturated rings. The first kappa shape index (κ1) is 32.3. The summed E-state index contributed by atoms with van der Waals surface area (Å²) >= 11 is 0. The number of aryl methyl sites for hydroxylation is 1. The van der Waals surface area contributed by atoms with Gasteiger partial charge in [0.15, 0.2) is 17.3 Å². The number of aliphatic hydroxyl groups excluding tert-OH is 1. The SMILES string of the molecule is C[C@@H](O)[C@@H]1NC(=O)c2coc(n2)[C@H](Cc2ccccc2)NC(=O)[C@@H](NC(=O)CCc2ccc(F)c(F)c2)CCCCNC1=O. The molecule has 44 heavy (non-hydrogen) atoms. The molecule has 4 atom stereocenters. The summed E-state index contributed by atoms with van der Waals surface area (Å²) in [7, 11) is 0. The van der Waals surface area contributed by atoms with Crippen molar-refractivity contribution in [3.8, 4) is 0 Å². The van der Waals surface area contributed by atoms with Crippen molar-refractivity contribution in [3.05, 3.63) is 89.1 Å². The Labute approximate surface area is 252 Å². The van der Waals surface area contributed by atoms with Crippen LogP contribution >= 0.6 is 0 Å². The van der Waals surface area contributed by atoms with E-state index in [9.17, 15) is 33.1 Å². The summed E-state index contributed by atoms with van der Waals surface area (Å²) in [5.74, 6) is -4.28. The van der Waals surface area contributed by atoms with Gasteiger partial charge in [0.25, 0.3) is 5.91 Å². The van der Waals surface area contributed by atoms with Crippen LogP contribution in [0.2, 0.25) is 0 Å². The van der Waals surface area contributed by atoms with E-state index in [1.165, 1.54) is 13.0 Å². The fourth-order valence-corrected chi connectivity index (χ4v) is 4.78. The molecule has 1 aromatic heterocycles. The Morgan fingerprint density at radius 3 is 2.55 bits per heavy atom. The first-order chi connectivity index (χ1) is 21.1. The Kier molecular flexibility index (Phi) is 11.1. The predicted molar refractivity (Wildman–Crippen MR) is 154 cm³/mol. The molecule has 2 aromatic carbocycles. The second-order valence-electron chi connectivity index (χ2n) is 10.7. The van der Waals surface area contributed by atoms with E-state index in [4.69, 9.17) is 4.42 Å². The van der Waals surface area contributed by atoms with Gasteiger partial charge >= 0.3 is 0 Å². The molecule has 4 rings (SSSR count). The van der Waals surface area contributed by atoms with Gasteiger partial charge in [-0.1, -0.05) is 36.4 Å². The van der Waals surface area contributed by atoms with Gasteiger partial charge in [-0.05, 0) is 55.9 Å². The average molecular weight is 612 g/mol. The van der Waals surface area contributed by atoms with E-state index in [2.05, 4.69) is 26.3 Å². The molecule has 2 heterocycles. The number of aliphatic hydroxyl groups is 1. The second kappa shape index (κ2) is 15.2. The third-order valence-corrected chi connectivity index (χ3v) is 7.20. The van der Waals surface area contributed by atoms with E-state index in [-0.39, 0.29) is 43.8 Å². The summed E-state index contributed by atoms with van der Waals surface area (Å²) in [5.41, 5.74) is 1.12. The van der Waals surface area contributed by atoms with Crippen molar-refractivity contribution in [1.29, 1.82) is 0 Å². The fourth-order valence-electron chi connectivity index (χ4n) is 4.78. The Morgan fingerprint density at radius 1 is 1.05 bits per heavy atom. The quantitative estimate of drug-likeness (QED) is 0.274. The van der Waals surface area contributed by atoms with Crippen LogP contribution in [0.25, 0.3) is 0 Å². The Morgan fingerprint density at radius 2 is 1.82 bits per heavy atom. The van der Waals surface area contributed by atoms with Crippen LogP contribution in [0.4, 0.5) is 8.78 Å². The third kappa shape index (κ3) is 8.93. The van der Waals surface area contributed by atoms with Crippen molar-refractivity contribution in [2.24, 2.45) is 0 Å². The minimum absolute atomic E-state index is 0.0286. The maximum Gasteiger partial charge on any atom is 0.273 e. The van der Waals surface area contributed by atoms with Crippen molar-refractivity contribution in [2.45, 2.75) is 69.7 Å². The average Bonchev–Trinajstić information content (AvgIpc) is 3.50. The number of amides is 4. The van der Waals surface area contributed by atoms with Crippen molar-refractivity contribution >= 4 is 23.6 Å². The lowest BCUT2D eigenvalue weighted by Crippen LogP contribution is -2.52. The molecular formula is C31H35F2N5O6. The number of fused-ring (bicyclic) bond motifs is 2. The van der Waals surface area contributed by atoms with E-state index in [0.717, 1.165) is 24.0 Å². The molecular weight excluding hydrogens is 576 g/mol. The molecule has 234 valence electrons. The number of oxazole rings is 1. The van der Waals surface area contributed by atoms with Crippen molar-refractivity contribution in [1.82, 2.24) is 26.3 Å². The molecule has 5 N–H and O–H groups in total. The second-order valence-corrected chi connectivity index (χ2v) is 10.7. The van der Waals surface area contributed by atoms with Crippen LogP contribution in [0.5, 0.6) is 0 Å². The Hall–Kier alpha value is -4.65. The molecule has 1 aliphatic rings. The smallest absolute Gasteiger partial charge is 0.273 e. The Balaban J connectivity index is 1.56. The number of nitrogens with zero attached hydrogens (tertiary/aromatic N) is 1. The number of carbonyl (C=O) groups excluding carboxylic acids is 4. The number of aromatic nitrogens is 1. The summed E-state index contributed by atoms with van der Waals surface area (Å²) in [6.45, 7) is 1.57. The van der Waals surface area contributed by atoms with Gasteiger partial charge in [-0.2, -0.15) is 0 Å². The zero-order valence-corrected chi connectivity index (χ0v) is 24.1. The minimum Gasteiger partial charge on any atom is -0.446 e. The summed E-state index contributed by atoms with van der Waals surface area (Å²) in [6, 6.07) is 9.58. The standard InChI is InChI=1S/C31H35F2N5O6/c1-18(39)27-30(43)34-14-6-5-9-23(35-26(40)13-11-20-10-12-21(32)22(33)15-20)28(41)36-24(16-19-7-3-2-4-8-19)31-37-25(17-44-31)29(42)38-27/h2-4,7-8,10,12,15,17-18,23-24,27,39H,5-6,9,11,13-14,16H2,1H3,(H,34,43)(H,35,40)(H,36,41)(H,38,42)/t18-,23+,24+,27+/m1/s1. The predicted octanol–water partition coefficient (Wildman–Crippen LogP) is 2.25. The molecule has 0 saturated heterocycles. The molecule has 2 bridgehead atoms. The van der Waals surface area contributed by atoms with Crippen molar-refractivity contribution in [3.63, 3.8) is 0 Å². The van der Waals surface area contributed by atoms with Gasteiger partial charge in [-0.25, -0.2) is 13.8 Å². The summed E-state index contributed by atoms with van der Waals surface area (Å²) < 4.78 is 32.5. The largest absolute Gasteiger partial charge is 0.446 e. The van der Waals surface area contributed by atoms with Crippen LogP contribution in [0.3, 0.4) is 0 Å². The molecule has 0 spiro atoms. The topological polar surface area (TPSA) is 163 Å². The molecule has 0 aliphatic carbocycles. The molecule has 11 nitrogen and oxygen atoms in total. The van der Waals surface area contributed by atoms with Gasteiger partial charge < -0.3 is 30.8 Å². The summed E-state index contributed by atoms with van der Waals surface area (Å²) in [5, 5.41) is 20.9. The summed E-state index contributed by atoms with van der Waals surface area (Å²) in [4.78, 5) is 56.3. The van der Waals surface area contributed by atoms with Crippen LogP contribution < -0.4 is 21.3 Å². The van der Waals surface area contributed by atoms with E-state index in [1.807, 2.05) is 30.3 Å². The number of nitrogens with one attached hydrogen (secondary N) is 4. The molecule has 3 aromatic rings. The molecule has 0 unspecified atom stereocenters. The maximum atomic E-state index is 13.6. The number of benzene rings is 2. The number of hydrogen-bond acceptors (Lipinski definition) is 7. The van der Waals surface area contributed by atoms with Crippen molar-refractivity contribution < 1.29 is 37.5 Å². The first-order valence-corrected chi connectivity index (χ1v) is 14.4. The van der Waals surface area contributed by atoms with E-state index in [0.29, 0.717) is 18.4 Å². The van der Waals surface area contributed by atoms with Gasteiger partial charge in [0.2, 0.25) is 23.6 Å². The molecule has 1 aliphatic heterocycles. The molecule has 13 heteroatoms. The zero-order valence-electron chi connectivity index (χ0n) is 24.1. The van der Waals surface area contributed by atoms with Gasteiger partial charge in [0.1, 0.15) is 24.4 Å². The highest BCUT2D eigenvalue weighted by molar-refractivity contribution is 5.96. The molecule has 0 radical (unpaired) electrons. The lowest BCUT2D eigenvalue weighted by Gasteiger charge is -2.23. The highest BCUT2D eigenvalue weighted by Gasteiger charge is 2.30. The maximum absolute atomic E-state index is 13.6. The van der Waals surface area contributed by atoms with Crippen LogP contribution in [0.15, 0.2) is 59.2 Å². The lowest BCUT2D eigenvalue weighted by atomic mass is 10.0. The van der Waals surface area contributed by atoms with Gasteiger partial charge in [0.05, 0.1) is 6.10 Å². The molecule has 4 amide bonds. The van der Waals surface area contributed by atoms with Crippen LogP contribution in [0, 0.1) is 11.6 Å². The van der Waals surface area contributed by atoms with Gasteiger partial charge in [-0.15, -0.1) is 0 Å². The third-order valence-electron chi connectivity index (χ3n) is 7.20. The monoisotopic (exact) mass is 611 g/mol. The minimum atomic E-state index is -1.24. The van der Waals surface area contributed by atoms with Gasteiger partial charge in [0, 0.05) is 19.4 Å². The fraction of sp³-hybridized carbons (Fsp3) is 0.387. The number of rotatable bonds is 7. The van der Waals surface area contributed by atoms with Crippen molar-refractivity contribution in [2.75, 3.05) is 6.54 Å². The highest BCUT2D eigenvalue weighted by Crippen LogP contribution is 2.20. The van der Waals surface area contributed by atoms with Crippen LogP contribution in [0.1, 0.15) is 66.2 Å². The van der Waals surface area contributed by atoms with Gasteiger partial charge in [-0.3, -0.25) is 19.2 Å². The highest BCUT2D eigenvalue weighted by atomic mass is 19.2. The zero-order chi connectivity index (χ0) is 31.6. The lowest BCUT2D eigenvalue weighted by molar-refractivity contribution is -0.129. The number of carbonyl (C=O) groups is 4. The number of halogens is 2. The van der Waals surface area contributed by atoms with E-state index in [1.54, 1.807) is 0 Å². The molecule has 0 saturated carbocycles. The van der Waals surface area contributed by atoms with E-state index < -0.39 is 59.5 Å². The summed E-state index contributed by atoms with van der Waals surface area (Å²) in [6.07, 6.45) is 1.31. The Bertz CT molecular complexity index is 1460. The van der Waals surface area contributed by atoms with Crippen LogP contribution in [-0.4, -0.2) is 58.5 Å². The number of hydrogen-bond donors (Lipinski definition) is 5. The van der Waals surface area contributed by atoms with E-state index >= 15 is 0 Å². The first-order valence-electron chi connectivity index (χ1n) is 14.4.